The molecule has 6 aromatic rings. The van der Waals surface area contributed by atoms with E-state index in [4.69, 9.17) is 0 Å². The Hall–Kier alpha value is -7.30. The van der Waals surface area contributed by atoms with E-state index in [-0.39, 0.29) is 0 Å². The first-order chi connectivity index (χ1) is 32.7. The van der Waals surface area contributed by atoms with Crippen LogP contribution in [0.5, 0.6) is 0 Å². The molecule has 4 heteroatoms. The van der Waals surface area contributed by atoms with Crippen LogP contribution in [-0.4, -0.2) is 6.54 Å². The third kappa shape index (κ3) is 16.3. The van der Waals surface area contributed by atoms with Crippen molar-refractivity contribution in [2.24, 2.45) is 0 Å². The van der Waals surface area contributed by atoms with E-state index in [1.54, 1.807) is 0 Å². The lowest BCUT2D eigenvalue weighted by molar-refractivity contribution is 1.00. The quantitative estimate of drug-likeness (QED) is 0.0846. The van der Waals surface area contributed by atoms with E-state index in [2.05, 4.69) is 261 Å². The van der Waals surface area contributed by atoms with Crippen LogP contribution in [0.3, 0.4) is 0 Å². The smallest absolute Gasteiger partial charge is 0.0464 e. The van der Waals surface area contributed by atoms with Gasteiger partial charge in [-0.05, 0) is 174 Å². The number of nitrogens with zero attached hydrogens (tertiary/aromatic N) is 4. The van der Waals surface area contributed by atoms with Crippen LogP contribution >= 0.6 is 0 Å². The summed E-state index contributed by atoms with van der Waals surface area (Å²) in [7, 11) is 0. The van der Waals surface area contributed by atoms with Gasteiger partial charge in [0, 0.05) is 69.6 Å². The van der Waals surface area contributed by atoms with Crippen LogP contribution in [0.1, 0.15) is 79.0 Å². The fourth-order valence-electron chi connectivity index (χ4n) is 7.23. The van der Waals surface area contributed by atoms with Gasteiger partial charge < -0.3 is 19.6 Å². The summed E-state index contributed by atoms with van der Waals surface area (Å²) in [6.07, 6.45) is 21.1. The second-order valence-electron chi connectivity index (χ2n) is 15.1. The van der Waals surface area contributed by atoms with Crippen molar-refractivity contribution >= 4 is 39.8 Å². The number of benzene rings is 6. The zero-order valence-corrected chi connectivity index (χ0v) is 42.5. The topological polar surface area (TPSA) is 13.0 Å². The minimum absolute atomic E-state index is 0.751. The van der Waals surface area contributed by atoms with Crippen molar-refractivity contribution in [3.05, 3.63) is 259 Å². The van der Waals surface area contributed by atoms with Crippen molar-refractivity contribution in [2.75, 3.05) is 26.1 Å². The molecule has 0 saturated heterocycles. The number of aryl methyl sites for hydroxylation is 3. The van der Waals surface area contributed by atoms with Crippen molar-refractivity contribution in [1.82, 2.24) is 0 Å². The Morgan fingerprint density at radius 2 is 0.925 bits per heavy atom. The van der Waals surface area contributed by atoms with E-state index < -0.39 is 0 Å². The second kappa shape index (κ2) is 30.0. The van der Waals surface area contributed by atoms with Gasteiger partial charge in [-0.25, -0.2) is 0 Å². The first kappa shape index (κ1) is 54.0. The van der Waals surface area contributed by atoms with Crippen molar-refractivity contribution in [2.45, 2.75) is 83.1 Å². The Morgan fingerprint density at radius 1 is 0.463 bits per heavy atom. The lowest BCUT2D eigenvalue weighted by atomic mass is 10.1. The fraction of sp³-hybridized carbons (Fsp3) is 0.206. The molecule has 348 valence electrons. The molecule has 0 radical (unpaired) electrons. The Balaban J connectivity index is 0.00000191. The first-order valence-electron chi connectivity index (χ1n) is 24.0. The normalized spacial score (nSPS) is 11.5. The van der Waals surface area contributed by atoms with E-state index in [0.29, 0.717) is 0 Å². The van der Waals surface area contributed by atoms with Gasteiger partial charge in [0.2, 0.25) is 0 Å². The number of allylic oxidation sites excluding steroid dienone is 10. The summed E-state index contributed by atoms with van der Waals surface area (Å²) >= 11 is 0. The lowest BCUT2D eigenvalue weighted by Gasteiger charge is -2.28. The van der Waals surface area contributed by atoms with Gasteiger partial charge in [-0.2, -0.15) is 0 Å². The summed E-state index contributed by atoms with van der Waals surface area (Å²) in [5, 5.41) is 0. The Labute approximate surface area is 406 Å². The molecule has 6 aromatic carbocycles. The Morgan fingerprint density at radius 3 is 1.48 bits per heavy atom. The highest BCUT2D eigenvalue weighted by atomic mass is 15.2. The van der Waals surface area contributed by atoms with Crippen LogP contribution in [-0.2, 0) is 0 Å². The van der Waals surface area contributed by atoms with E-state index in [9.17, 15) is 0 Å². The minimum Gasteiger partial charge on any atom is -0.342 e. The number of anilines is 7. The molecule has 0 unspecified atom stereocenters. The zero-order chi connectivity index (χ0) is 49.0. The van der Waals surface area contributed by atoms with Crippen LogP contribution in [0.2, 0.25) is 0 Å². The predicted octanol–water partition coefficient (Wildman–Crippen LogP) is 18.8. The largest absolute Gasteiger partial charge is 0.342 e. The van der Waals surface area contributed by atoms with Gasteiger partial charge in [0.15, 0.2) is 0 Å². The monoisotopic (exact) mass is 889 g/mol. The van der Waals surface area contributed by atoms with Gasteiger partial charge in [0.1, 0.15) is 0 Å². The summed E-state index contributed by atoms with van der Waals surface area (Å²) in [6.45, 7) is 29.8. The molecule has 4 nitrogen and oxygen atoms in total. The number of rotatable bonds is 17. The summed E-state index contributed by atoms with van der Waals surface area (Å²) in [6, 6.07) is 55.7. The molecule has 0 amide bonds. The van der Waals surface area contributed by atoms with Crippen molar-refractivity contribution in [3.8, 4) is 0 Å². The molecule has 0 N–H and O–H groups in total. The average Bonchev–Trinajstić information content (AvgIpc) is 3.37. The first-order valence-corrected chi connectivity index (χ1v) is 24.0. The molecule has 0 fully saturated rings. The highest BCUT2D eigenvalue weighted by molar-refractivity contribution is 5.78. The van der Waals surface area contributed by atoms with Gasteiger partial charge in [-0.15, -0.1) is 0 Å². The van der Waals surface area contributed by atoms with Gasteiger partial charge in [0.25, 0.3) is 0 Å². The highest BCUT2D eigenvalue weighted by Crippen LogP contribution is 2.36. The number of hydrogen-bond acceptors (Lipinski definition) is 4. The van der Waals surface area contributed by atoms with Crippen LogP contribution in [0.15, 0.2) is 242 Å². The van der Waals surface area contributed by atoms with Crippen LogP contribution in [0, 0.1) is 20.8 Å². The van der Waals surface area contributed by atoms with E-state index >= 15 is 0 Å². The third-order valence-corrected chi connectivity index (χ3v) is 10.3. The maximum absolute atomic E-state index is 4.26. The van der Waals surface area contributed by atoms with E-state index in [1.807, 2.05) is 66.7 Å². The van der Waals surface area contributed by atoms with Gasteiger partial charge in [-0.3, -0.25) is 0 Å². The van der Waals surface area contributed by atoms with Crippen molar-refractivity contribution in [1.29, 1.82) is 0 Å². The van der Waals surface area contributed by atoms with Crippen molar-refractivity contribution in [3.63, 3.8) is 0 Å². The molecule has 0 heterocycles. The number of para-hydroxylation sites is 2. The molecular weight excluding hydrogens is 813 g/mol. The van der Waals surface area contributed by atoms with Gasteiger partial charge >= 0.3 is 0 Å². The molecule has 67 heavy (non-hydrogen) atoms. The molecule has 0 atom stereocenters. The Kier molecular flexibility index (Phi) is 24.2. The fourth-order valence-corrected chi connectivity index (χ4v) is 7.23. The molecule has 0 aliphatic carbocycles. The van der Waals surface area contributed by atoms with Crippen LogP contribution in [0.4, 0.5) is 39.8 Å². The molecule has 0 aliphatic heterocycles. The molecule has 6 rings (SSSR count). The SMILES string of the molecule is C=C/C(=C\C=C\N(/C(C)=C/C=C(\C)N(C/C=C\C=C/C)c1cccc(C)c1)c1ccc(N(c2ccccc2)c2cccc(C)c2)cc1)N(c1ccccc1)c1cccc(C)c1.CC.CC.CC. The molecule has 0 bridgehead atoms. The maximum atomic E-state index is 4.26. The summed E-state index contributed by atoms with van der Waals surface area (Å²) in [4.78, 5) is 9.13. The Bertz CT molecular complexity index is 2540. The average molecular weight is 889 g/mol. The number of hydrogen-bond donors (Lipinski definition) is 0. The zero-order valence-electron chi connectivity index (χ0n) is 42.5. The highest BCUT2D eigenvalue weighted by Gasteiger charge is 2.15. The maximum Gasteiger partial charge on any atom is 0.0464 e. The third-order valence-electron chi connectivity index (χ3n) is 10.3. The lowest BCUT2D eigenvalue weighted by Crippen LogP contribution is -2.21. The van der Waals surface area contributed by atoms with Crippen LogP contribution in [0.25, 0.3) is 0 Å². The van der Waals surface area contributed by atoms with Crippen LogP contribution < -0.4 is 19.6 Å². The predicted molar refractivity (Wildman–Crippen MR) is 300 cm³/mol. The van der Waals surface area contributed by atoms with Gasteiger partial charge in [-0.1, -0.05) is 145 Å². The molecule has 0 saturated carbocycles. The summed E-state index contributed by atoms with van der Waals surface area (Å²) in [5.74, 6) is 0. The van der Waals surface area contributed by atoms with E-state index in [0.717, 1.165) is 63.4 Å². The summed E-state index contributed by atoms with van der Waals surface area (Å²) in [5.41, 5.74) is 14.4. The summed E-state index contributed by atoms with van der Waals surface area (Å²) < 4.78 is 0. The minimum atomic E-state index is 0.751. The van der Waals surface area contributed by atoms with E-state index in [1.165, 1.54) is 16.7 Å². The molecule has 0 spiro atoms. The molecule has 0 aromatic heterocycles. The second-order valence-corrected chi connectivity index (χ2v) is 15.1. The molecule has 0 aliphatic rings. The molecular formula is C63H76N4. The standard InChI is InChI=1S/C57H58N4.3C2H6/c1-8-10-11-18-40-59(55-30-19-23-45(3)42-55)49(7)35-34-48(6)58(41-22-33-50(9-2)60(52-26-14-12-15-27-52)56-31-20-24-46(4)43-56)51-36-38-54(39-37-51)61(53-28-16-13-17-29-53)57-32-21-25-47(5)44-57;3*1-2/h8-39,41-44H,2,40H2,1,3-7H3;3*1-2H3/b10-8-,18-11-,41-22+,48-34+,49-35+,50-33+;;;. The van der Waals surface area contributed by atoms with Gasteiger partial charge in [0.05, 0.1) is 0 Å². The van der Waals surface area contributed by atoms with Crippen molar-refractivity contribution < 1.29 is 0 Å².